The van der Waals surface area contributed by atoms with Crippen LogP contribution in [0, 0.1) is 0 Å². The van der Waals surface area contributed by atoms with E-state index in [0.29, 0.717) is 0 Å². The van der Waals surface area contributed by atoms with Gasteiger partial charge in [0.15, 0.2) is 0 Å². The fourth-order valence-corrected chi connectivity index (χ4v) is 1.01. The first-order valence-corrected chi connectivity index (χ1v) is 5.97. The molecule has 100 valence electrons. The Morgan fingerprint density at radius 1 is 0.765 bits per heavy atom. The molecule has 3 nitrogen and oxygen atoms in total. The van der Waals surface area contributed by atoms with E-state index < -0.39 is 11.2 Å². The predicted octanol–water partition coefficient (Wildman–Crippen LogP) is 4.36. The first kappa shape index (κ1) is 16.4. The summed E-state index contributed by atoms with van der Waals surface area (Å²) in [6, 6.07) is 0. The fraction of sp³-hybridized carbons (Fsp3) is 0.714. The van der Waals surface area contributed by atoms with Gasteiger partial charge in [-0.1, -0.05) is 17.2 Å². The standard InChI is InChI=1S/C14H26O3/c1-9-11(3)13(5,6)15-17-16-14(7,8)12(4)10-2/h9-10H,1-8H3. The number of hydrogen-bond donors (Lipinski definition) is 0. The van der Waals surface area contributed by atoms with Crippen molar-refractivity contribution < 1.29 is 14.8 Å². The highest BCUT2D eigenvalue weighted by atomic mass is 17.5. The van der Waals surface area contributed by atoms with Gasteiger partial charge < -0.3 is 0 Å². The van der Waals surface area contributed by atoms with E-state index in [4.69, 9.17) is 14.8 Å². The van der Waals surface area contributed by atoms with Crippen molar-refractivity contribution in [3.8, 4) is 0 Å². The van der Waals surface area contributed by atoms with Crippen molar-refractivity contribution in [2.45, 2.75) is 66.6 Å². The van der Waals surface area contributed by atoms with Crippen molar-refractivity contribution in [3.05, 3.63) is 23.3 Å². The van der Waals surface area contributed by atoms with Gasteiger partial charge >= 0.3 is 0 Å². The molecule has 0 atom stereocenters. The molecule has 0 aromatic rings. The molecule has 0 N–H and O–H groups in total. The average molecular weight is 242 g/mol. The molecule has 0 bridgehead atoms. The molecular formula is C14H26O3. The third kappa shape index (κ3) is 5.02. The molecule has 0 aromatic carbocycles. The normalized spacial score (nSPS) is 15.3. The molecular weight excluding hydrogens is 216 g/mol. The van der Waals surface area contributed by atoms with Gasteiger partial charge in [0.1, 0.15) is 11.2 Å². The van der Waals surface area contributed by atoms with Crippen LogP contribution in [0.2, 0.25) is 0 Å². The lowest BCUT2D eigenvalue weighted by molar-refractivity contribution is -0.556. The first-order valence-electron chi connectivity index (χ1n) is 5.97. The smallest absolute Gasteiger partial charge is 0.122 e. The largest absolute Gasteiger partial charge is 0.196 e. The van der Waals surface area contributed by atoms with Gasteiger partial charge in [-0.3, -0.25) is 0 Å². The number of rotatable bonds is 6. The van der Waals surface area contributed by atoms with Crippen molar-refractivity contribution in [1.29, 1.82) is 0 Å². The van der Waals surface area contributed by atoms with Crippen LogP contribution in [0.5, 0.6) is 0 Å². The average Bonchev–Trinajstić information content (AvgIpc) is 2.25. The van der Waals surface area contributed by atoms with Crippen molar-refractivity contribution in [2.75, 3.05) is 0 Å². The van der Waals surface area contributed by atoms with Gasteiger partial charge in [0, 0.05) is 0 Å². The van der Waals surface area contributed by atoms with Gasteiger partial charge in [-0.15, -0.1) is 0 Å². The topological polar surface area (TPSA) is 27.7 Å². The quantitative estimate of drug-likeness (QED) is 0.393. The molecule has 17 heavy (non-hydrogen) atoms. The fourth-order valence-electron chi connectivity index (χ4n) is 1.01. The summed E-state index contributed by atoms with van der Waals surface area (Å²) in [6.07, 6.45) is 3.98. The second-order valence-electron chi connectivity index (χ2n) is 5.20. The van der Waals surface area contributed by atoms with Crippen molar-refractivity contribution >= 4 is 0 Å². The Labute approximate surface area is 105 Å². The summed E-state index contributed by atoms with van der Waals surface area (Å²) in [6.45, 7) is 15.6. The maximum absolute atomic E-state index is 5.29. The molecule has 0 radical (unpaired) electrons. The van der Waals surface area contributed by atoms with Crippen LogP contribution < -0.4 is 0 Å². The predicted molar refractivity (Wildman–Crippen MR) is 70.3 cm³/mol. The zero-order valence-corrected chi connectivity index (χ0v) is 12.4. The van der Waals surface area contributed by atoms with E-state index in [1.165, 1.54) is 0 Å². The molecule has 0 aliphatic carbocycles. The summed E-state index contributed by atoms with van der Waals surface area (Å²) in [5.41, 5.74) is 1.19. The monoisotopic (exact) mass is 242 g/mol. The third-order valence-electron chi connectivity index (χ3n) is 3.25. The molecule has 0 heterocycles. The Bertz CT molecular complexity index is 269. The van der Waals surface area contributed by atoms with Crippen LogP contribution in [-0.4, -0.2) is 11.2 Å². The van der Waals surface area contributed by atoms with E-state index in [-0.39, 0.29) is 0 Å². The molecule has 0 rings (SSSR count). The zero-order chi connectivity index (χ0) is 13.7. The van der Waals surface area contributed by atoms with Crippen LogP contribution in [0.1, 0.15) is 55.4 Å². The van der Waals surface area contributed by atoms with Crippen LogP contribution in [0.3, 0.4) is 0 Å². The first-order chi connectivity index (χ1) is 7.67. The minimum atomic E-state index is -0.491. The maximum Gasteiger partial charge on any atom is 0.122 e. The van der Waals surface area contributed by atoms with Gasteiger partial charge in [0.05, 0.1) is 0 Å². The highest BCUT2D eigenvalue weighted by Gasteiger charge is 2.26. The van der Waals surface area contributed by atoms with Gasteiger partial charge in [-0.05, 0) is 66.5 Å². The number of hydrogen-bond acceptors (Lipinski definition) is 3. The summed E-state index contributed by atoms with van der Waals surface area (Å²) < 4.78 is 0. The molecule has 0 saturated carbocycles. The molecule has 0 aromatic heterocycles. The van der Waals surface area contributed by atoms with E-state index in [2.05, 4.69) is 0 Å². The lowest BCUT2D eigenvalue weighted by Gasteiger charge is -2.28. The number of allylic oxidation sites excluding steroid dienone is 2. The van der Waals surface area contributed by atoms with E-state index in [1.54, 1.807) is 0 Å². The maximum atomic E-state index is 5.29. The summed E-state index contributed by atoms with van der Waals surface area (Å²) in [5, 5.41) is 4.93. The summed E-state index contributed by atoms with van der Waals surface area (Å²) in [4.78, 5) is 10.6. The van der Waals surface area contributed by atoms with Gasteiger partial charge in [0.25, 0.3) is 0 Å². The van der Waals surface area contributed by atoms with Crippen LogP contribution in [-0.2, 0) is 14.8 Å². The van der Waals surface area contributed by atoms with Crippen LogP contribution >= 0.6 is 0 Å². The van der Waals surface area contributed by atoms with Crippen molar-refractivity contribution in [2.24, 2.45) is 0 Å². The molecule has 3 heteroatoms. The summed E-state index contributed by atoms with van der Waals surface area (Å²) in [7, 11) is 0. The van der Waals surface area contributed by atoms with Crippen molar-refractivity contribution in [1.82, 2.24) is 0 Å². The van der Waals surface area contributed by atoms with Crippen LogP contribution in [0.25, 0.3) is 0 Å². The Kier molecular flexibility index (Phi) is 6.10. The molecule has 0 spiro atoms. The minimum Gasteiger partial charge on any atom is -0.196 e. The Hall–Kier alpha value is -0.640. The van der Waals surface area contributed by atoms with Gasteiger partial charge in [-0.25, -0.2) is 0 Å². The second-order valence-corrected chi connectivity index (χ2v) is 5.20. The van der Waals surface area contributed by atoms with E-state index in [1.807, 2.05) is 67.5 Å². The third-order valence-corrected chi connectivity index (χ3v) is 3.25. The second kappa shape index (κ2) is 6.34. The lowest BCUT2D eigenvalue weighted by Crippen LogP contribution is -2.31. The van der Waals surface area contributed by atoms with Crippen LogP contribution in [0.15, 0.2) is 23.3 Å². The molecule has 0 fully saturated rings. The summed E-state index contributed by atoms with van der Waals surface area (Å²) >= 11 is 0. The highest BCUT2D eigenvalue weighted by molar-refractivity contribution is 5.10. The molecule has 0 aliphatic heterocycles. The molecule has 0 amide bonds. The Morgan fingerprint density at radius 3 is 1.29 bits per heavy atom. The van der Waals surface area contributed by atoms with Gasteiger partial charge in [0.2, 0.25) is 0 Å². The van der Waals surface area contributed by atoms with Gasteiger partial charge in [-0.2, -0.15) is 9.78 Å². The highest BCUT2D eigenvalue weighted by Crippen LogP contribution is 2.24. The zero-order valence-electron chi connectivity index (χ0n) is 12.4. The Morgan fingerprint density at radius 2 is 1.06 bits per heavy atom. The lowest BCUT2D eigenvalue weighted by atomic mass is 10.00. The van der Waals surface area contributed by atoms with Crippen LogP contribution in [0.4, 0.5) is 0 Å². The minimum absolute atomic E-state index is 0.491. The molecule has 0 unspecified atom stereocenters. The molecule has 0 aliphatic rings. The SMILES string of the molecule is CC=C(C)C(C)(C)OOOC(C)(C)C(C)=CC. The van der Waals surface area contributed by atoms with E-state index in [9.17, 15) is 0 Å². The summed E-state index contributed by atoms with van der Waals surface area (Å²) in [5.74, 6) is 0. The van der Waals surface area contributed by atoms with E-state index in [0.717, 1.165) is 11.1 Å². The molecule has 0 saturated heterocycles. The van der Waals surface area contributed by atoms with Crippen molar-refractivity contribution in [3.63, 3.8) is 0 Å². The van der Waals surface area contributed by atoms with E-state index >= 15 is 0 Å². The Balaban J connectivity index is 4.34.